The van der Waals surface area contributed by atoms with Crippen molar-refractivity contribution >= 4 is 23.9 Å². The van der Waals surface area contributed by atoms with Crippen molar-refractivity contribution in [3.8, 4) is 23.0 Å². The number of benzene rings is 2. The van der Waals surface area contributed by atoms with E-state index in [4.69, 9.17) is 23.7 Å². The molecule has 0 fully saturated rings. The van der Waals surface area contributed by atoms with E-state index in [1.54, 1.807) is 42.5 Å². The number of methoxy groups -OCH3 is 3. The average Bonchev–Trinajstić information content (AvgIpc) is 3.08. The Morgan fingerprint density at radius 2 is 1.66 bits per heavy atom. The molecule has 0 aliphatic carbocycles. The van der Waals surface area contributed by atoms with Gasteiger partial charge in [0.05, 0.1) is 21.3 Å². The maximum atomic E-state index is 12.3. The van der Waals surface area contributed by atoms with Gasteiger partial charge in [-0.05, 0) is 35.9 Å². The third-order valence-electron chi connectivity index (χ3n) is 3.96. The molecular formula is C21H19NO7. The molecule has 0 aromatic heterocycles. The van der Waals surface area contributed by atoms with Gasteiger partial charge in [-0.15, -0.1) is 0 Å². The molecule has 1 aliphatic heterocycles. The molecular weight excluding hydrogens is 378 g/mol. The van der Waals surface area contributed by atoms with Crippen LogP contribution in [0.25, 0.3) is 6.08 Å². The monoisotopic (exact) mass is 397 g/mol. The summed E-state index contributed by atoms with van der Waals surface area (Å²) in [6, 6.07) is 9.95. The van der Waals surface area contributed by atoms with E-state index >= 15 is 0 Å². The van der Waals surface area contributed by atoms with Crippen molar-refractivity contribution in [1.29, 1.82) is 0 Å². The summed E-state index contributed by atoms with van der Waals surface area (Å²) < 4.78 is 26.1. The van der Waals surface area contributed by atoms with Gasteiger partial charge in [-0.3, -0.25) is 4.79 Å². The summed E-state index contributed by atoms with van der Waals surface area (Å²) in [6.07, 6.45) is 1.55. The second kappa shape index (κ2) is 8.47. The minimum absolute atomic E-state index is 0.115. The van der Waals surface area contributed by atoms with E-state index in [-0.39, 0.29) is 17.3 Å². The van der Waals surface area contributed by atoms with Crippen LogP contribution in [0.1, 0.15) is 18.1 Å². The molecule has 0 amide bonds. The summed E-state index contributed by atoms with van der Waals surface area (Å²) in [5.41, 5.74) is 1.28. The lowest BCUT2D eigenvalue weighted by Gasteiger charge is -2.08. The molecule has 0 spiro atoms. The van der Waals surface area contributed by atoms with Crippen molar-refractivity contribution in [2.75, 3.05) is 21.3 Å². The van der Waals surface area contributed by atoms with E-state index in [2.05, 4.69) is 4.99 Å². The van der Waals surface area contributed by atoms with Crippen molar-refractivity contribution in [2.45, 2.75) is 6.92 Å². The quantitative estimate of drug-likeness (QED) is 0.420. The normalized spacial score (nSPS) is 14.3. The van der Waals surface area contributed by atoms with E-state index in [0.717, 1.165) is 0 Å². The Morgan fingerprint density at radius 1 is 0.966 bits per heavy atom. The fraction of sp³-hybridized carbons (Fsp3) is 0.190. The molecule has 3 rings (SSSR count). The number of esters is 2. The van der Waals surface area contributed by atoms with Crippen LogP contribution in [0.15, 0.2) is 47.1 Å². The minimum atomic E-state index is -0.593. The van der Waals surface area contributed by atoms with Crippen LogP contribution in [0.3, 0.4) is 0 Å². The Hall–Kier alpha value is -3.81. The molecule has 0 N–H and O–H groups in total. The van der Waals surface area contributed by atoms with Crippen LogP contribution in [-0.4, -0.2) is 39.2 Å². The largest absolute Gasteiger partial charge is 0.497 e. The molecule has 0 unspecified atom stereocenters. The Bertz CT molecular complexity index is 1000. The molecule has 29 heavy (non-hydrogen) atoms. The first kappa shape index (κ1) is 19.9. The number of carbonyl (C=O) groups is 2. The molecule has 0 bridgehead atoms. The van der Waals surface area contributed by atoms with Crippen LogP contribution in [-0.2, 0) is 14.3 Å². The van der Waals surface area contributed by atoms with Crippen LogP contribution < -0.4 is 18.9 Å². The SMILES string of the molecule is COc1cc(OC)cc(C2=N/C(=C\c3ccc(OC(C)=O)c(OC)c3)C(=O)O2)c1. The van der Waals surface area contributed by atoms with Crippen LogP contribution in [0.4, 0.5) is 0 Å². The van der Waals surface area contributed by atoms with Gasteiger partial charge >= 0.3 is 11.9 Å². The van der Waals surface area contributed by atoms with E-state index < -0.39 is 11.9 Å². The van der Waals surface area contributed by atoms with Gasteiger partial charge in [-0.1, -0.05) is 6.07 Å². The zero-order chi connectivity index (χ0) is 21.0. The average molecular weight is 397 g/mol. The lowest BCUT2D eigenvalue weighted by Crippen LogP contribution is -2.06. The summed E-state index contributed by atoms with van der Waals surface area (Å²) >= 11 is 0. The molecule has 2 aromatic rings. The number of hydrogen-bond donors (Lipinski definition) is 0. The van der Waals surface area contributed by atoms with Gasteiger partial charge in [-0.25, -0.2) is 9.79 Å². The highest BCUT2D eigenvalue weighted by Crippen LogP contribution is 2.30. The number of aliphatic imine (C=N–C) groups is 1. The summed E-state index contributed by atoms with van der Waals surface area (Å²) in [6.45, 7) is 1.30. The van der Waals surface area contributed by atoms with Gasteiger partial charge < -0.3 is 23.7 Å². The van der Waals surface area contributed by atoms with E-state index in [9.17, 15) is 9.59 Å². The molecule has 0 radical (unpaired) electrons. The van der Waals surface area contributed by atoms with Crippen molar-refractivity contribution < 1.29 is 33.3 Å². The second-order valence-electron chi connectivity index (χ2n) is 5.94. The first-order chi connectivity index (χ1) is 13.9. The van der Waals surface area contributed by atoms with E-state index in [1.807, 2.05) is 0 Å². The second-order valence-corrected chi connectivity index (χ2v) is 5.94. The predicted octanol–water partition coefficient (Wildman–Crippen LogP) is 2.98. The Labute approximate surface area is 167 Å². The van der Waals surface area contributed by atoms with Crippen molar-refractivity contribution in [2.24, 2.45) is 4.99 Å². The van der Waals surface area contributed by atoms with Gasteiger partial charge in [0.2, 0.25) is 5.90 Å². The Balaban J connectivity index is 1.94. The minimum Gasteiger partial charge on any atom is -0.497 e. The van der Waals surface area contributed by atoms with Gasteiger partial charge in [0, 0.05) is 18.6 Å². The maximum absolute atomic E-state index is 12.3. The highest BCUT2D eigenvalue weighted by Gasteiger charge is 2.25. The smallest absolute Gasteiger partial charge is 0.363 e. The molecule has 1 heterocycles. The van der Waals surface area contributed by atoms with Crippen LogP contribution in [0, 0.1) is 0 Å². The molecule has 2 aromatic carbocycles. The van der Waals surface area contributed by atoms with Crippen LogP contribution >= 0.6 is 0 Å². The molecule has 0 saturated carbocycles. The van der Waals surface area contributed by atoms with Crippen LogP contribution in [0.2, 0.25) is 0 Å². The lowest BCUT2D eigenvalue weighted by atomic mass is 10.1. The van der Waals surface area contributed by atoms with Gasteiger partial charge in [0.15, 0.2) is 17.2 Å². The first-order valence-corrected chi connectivity index (χ1v) is 8.56. The third-order valence-corrected chi connectivity index (χ3v) is 3.96. The summed E-state index contributed by atoms with van der Waals surface area (Å²) in [5, 5.41) is 0. The number of cyclic esters (lactones) is 1. The molecule has 0 saturated heterocycles. The zero-order valence-electron chi connectivity index (χ0n) is 16.3. The molecule has 1 aliphatic rings. The molecule has 0 atom stereocenters. The number of ether oxygens (including phenoxy) is 5. The summed E-state index contributed by atoms with van der Waals surface area (Å²) in [7, 11) is 4.51. The first-order valence-electron chi connectivity index (χ1n) is 8.56. The lowest BCUT2D eigenvalue weighted by molar-refractivity contribution is -0.132. The predicted molar refractivity (Wildman–Crippen MR) is 104 cm³/mol. The fourth-order valence-electron chi connectivity index (χ4n) is 2.63. The summed E-state index contributed by atoms with van der Waals surface area (Å²) in [5.74, 6) is 0.803. The molecule has 150 valence electrons. The highest BCUT2D eigenvalue weighted by atomic mass is 16.6. The number of nitrogens with zero attached hydrogens (tertiary/aromatic N) is 1. The molecule has 8 nitrogen and oxygen atoms in total. The number of rotatable bonds is 6. The van der Waals surface area contributed by atoms with Crippen molar-refractivity contribution in [3.63, 3.8) is 0 Å². The van der Waals surface area contributed by atoms with Gasteiger partial charge in [-0.2, -0.15) is 0 Å². The van der Waals surface area contributed by atoms with Crippen molar-refractivity contribution in [3.05, 3.63) is 53.2 Å². The third kappa shape index (κ3) is 4.55. The van der Waals surface area contributed by atoms with Gasteiger partial charge in [0.25, 0.3) is 0 Å². The number of carbonyl (C=O) groups excluding carboxylic acids is 2. The Kier molecular flexibility index (Phi) is 5.82. The maximum Gasteiger partial charge on any atom is 0.363 e. The van der Waals surface area contributed by atoms with Crippen LogP contribution in [0.5, 0.6) is 23.0 Å². The zero-order valence-corrected chi connectivity index (χ0v) is 16.3. The van der Waals surface area contributed by atoms with Crippen molar-refractivity contribution in [1.82, 2.24) is 0 Å². The van der Waals surface area contributed by atoms with E-state index in [0.29, 0.717) is 28.4 Å². The summed E-state index contributed by atoms with van der Waals surface area (Å²) in [4.78, 5) is 27.7. The fourth-order valence-corrected chi connectivity index (χ4v) is 2.63. The number of hydrogen-bond acceptors (Lipinski definition) is 8. The topological polar surface area (TPSA) is 92.6 Å². The highest BCUT2D eigenvalue weighted by molar-refractivity contribution is 6.13. The van der Waals surface area contributed by atoms with Gasteiger partial charge in [0.1, 0.15) is 11.5 Å². The Morgan fingerprint density at radius 3 is 2.24 bits per heavy atom. The standard InChI is InChI=1S/C21H19NO7/c1-12(23)28-18-6-5-13(8-19(18)27-4)7-17-21(24)29-20(22-17)14-9-15(25-2)11-16(10-14)26-3/h5-11H,1-4H3/b17-7-. The molecule has 8 heteroatoms. The van der Waals surface area contributed by atoms with E-state index in [1.165, 1.54) is 28.3 Å².